The highest BCUT2D eigenvalue weighted by atomic mass is 32.2. The van der Waals surface area contributed by atoms with E-state index in [0.717, 1.165) is 12.3 Å². The SMILES string of the molecule is CNC(Cc1cccnc1)CC1CCSCC1. The zero-order valence-electron chi connectivity index (χ0n) is 10.6. The maximum absolute atomic E-state index is 4.19. The monoisotopic (exact) mass is 250 g/mol. The Bertz CT molecular complexity index is 309. The molecule has 1 unspecified atom stereocenters. The van der Waals surface area contributed by atoms with E-state index in [-0.39, 0.29) is 0 Å². The Morgan fingerprint density at radius 1 is 1.47 bits per heavy atom. The summed E-state index contributed by atoms with van der Waals surface area (Å²) in [7, 11) is 2.08. The van der Waals surface area contributed by atoms with Gasteiger partial charge in [-0.2, -0.15) is 11.8 Å². The third kappa shape index (κ3) is 4.32. The average molecular weight is 250 g/mol. The molecule has 1 atom stereocenters. The first-order valence-corrected chi connectivity index (χ1v) is 7.68. The van der Waals surface area contributed by atoms with E-state index in [4.69, 9.17) is 0 Å². The van der Waals surface area contributed by atoms with Gasteiger partial charge in [0.15, 0.2) is 0 Å². The van der Waals surface area contributed by atoms with Crippen LogP contribution in [0.15, 0.2) is 24.5 Å². The zero-order chi connectivity index (χ0) is 11.9. The molecule has 1 N–H and O–H groups in total. The number of nitrogens with one attached hydrogen (secondary N) is 1. The number of hydrogen-bond donors (Lipinski definition) is 1. The van der Waals surface area contributed by atoms with Crippen LogP contribution in [-0.2, 0) is 6.42 Å². The molecule has 1 aromatic heterocycles. The van der Waals surface area contributed by atoms with Crippen LogP contribution in [0.3, 0.4) is 0 Å². The second-order valence-corrected chi connectivity index (χ2v) is 6.07. The summed E-state index contributed by atoms with van der Waals surface area (Å²) >= 11 is 2.11. The van der Waals surface area contributed by atoms with Gasteiger partial charge in [-0.05, 0) is 61.8 Å². The first kappa shape index (κ1) is 12.9. The van der Waals surface area contributed by atoms with Crippen molar-refractivity contribution < 1.29 is 0 Å². The summed E-state index contributed by atoms with van der Waals surface area (Å²) in [6, 6.07) is 4.81. The van der Waals surface area contributed by atoms with Crippen molar-refractivity contribution in [2.45, 2.75) is 31.7 Å². The summed E-state index contributed by atoms with van der Waals surface area (Å²) in [6.07, 6.45) is 9.04. The number of likely N-dealkylation sites (N-methyl/N-ethyl adjacent to an activating group) is 1. The van der Waals surface area contributed by atoms with Crippen molar-refractivity contribution in [3.05, 3.63) is 30.1 Å². The van der Waals surface area contributed by atoms with E-state index in [1.807, 2.05) is 18.5 Å². The Morgan fingerprint density at radius 3 is 2.94 bits per heavy atom. The Kier molecular flexibility index (Phi) is 5.33. The molecule has 0 spiro atoms. The van der Waals surface area contributed by atoms with Gasteiger partial charge in [0.1, 0.15) is 0 Å². The lowest BCUT2D eigenvalue weighted by Crippen LogP contribution is -2.31. The van der Waals surface area contributed by atoms with Crippen LogP contribution in [0.2, 0.25) is 0 Å². The molecule has 0 aliphatic carbocycles. The lowest BCUT2D eigenvalue weighted by atomic mass is 9.91. The van der Waals surface area contributed by atoms with Crippen LogP contribution in [-0.4, -0.2) is 29.6 Å². The number of thioether (sulfide) groups is 1. The highest BCUT2D eigenvalue weighted by Gasteiger charge is 2.18. The maximum Gasteiger partial charge on any atom is 0.0300 e. The summed E-state index contributed by atoms with van der Waals surface area (Å²) in [5.41, 5.74) is 1.34. The van der Waals surface area contributed by atoms with E-state index >= 15 is 0 Å². The van der Waals surface area contributed by atoms with Crippen molar-refractivity contribution in [1.29, 1.82) is 0 Å². The molecule has 1 saturated heterocycles. The van der Waals surface area contributed by atoms with Crippen LogP contribution in [0.4, 0.5) is 0 Å². The number of pyridine rings is 1. The third-order valence-electron chi connectivity index (χ3n) is 3.57. The minimum Gasteiger partial charge on any atom is -0.317 e. The second-order valence-electron chi connectivity index (χ2n) is 4.84. The van der Waals surface area contributed by atoms with E-state index < -0.39 is 0 Å². The Hall–Kier alpha value is -0.540. The first-order chi connectivity index (χ1) is 8.38. The highest BCUT2D eigenvalue weighted by molar-refractivity contribution is 7.99. The fourth-order valence-electron chi connectivity index (χ4n) is 2.49. The number of aromatic nitrogens is 1. The highest BCUT2D eigenvalue weighted by Crippen LogP contribution is 2.26. The van der Waals surface area contributed by atoms with Crippen LogP contribution in [0.25, 0.3) is 0 Å². The number of hydrogen-bond acceptors (Lipinski definition) is 3. The molecule has 17 heavy (non-hydrogen) atoms. The molecular formula is C14H22N2S. The predicted molar refractivity (Wildman–Crippen MR) is 75.5 cm³/mol. The standard InChI is InChI=1S/C14H22N2S/c1-15-14(9-12-4-7-17-8-5-12)10-13-3-2-6-16-11-13/h2-3,6,11-12,14-15H,4-5,7-10H2,1H3. The minimum atomic E-state index is 0.604. The van der Waals surface area contributed by atoms with E-state index in [1.165, 1.54) is 36.3 Å². The number of nitrogens with zero attached hydrogens (tertiary/aromatic N) is 1. The van der Waals surface area contributed by atoms with Crippen molar-refractivity contribution in [3.63, 3.8) is 0 Å². The van der Waals surface area contributed by atoms with Gasteiger partial charge in [-0.1, -0.05) is 6.07 Å². The smallest absolute Gasteiger partial charge is 0.0300 e. The van der Waals surface area contributed by atoms with E-state index in [1.54, 1.807) is 0 Å². The average Bonchev–Trinajstić information content (AvgIpc) is 2.40. The first-order valence-electron chi connectivity index (χ1n) is 6.52. The summed E-state index contributed by atoms with van der Waals surface area (Å²) in [4.78, 5) is 4.19. The fourth-order valence-corrected chi connectivity index (χ4v) is 3.70. The molecular weight excluding hydrogens is 228 g/mol. The van der Waals surface area contributed by atoms with Crippen LogP contribution in [0.5, 0.6) is 0 Å². The van der Waals surface area contributed by atoms with Crippen LogP contribution < -0.4 is 5.32 Å². The molecule has 1 aliphatic heterocycles. The molecule has 0 aromatic carbocycles. The normalized spacial score (nSPS) is 19.1. The quantitative estimate of drug-likeness (QED) is 0.870. The van der Waals surface area contributed by atoms with Crippen molar-refractivity contribution in [3.8, 4) is 0 Å². The van der Waals surface area contributed by atoms with Gasteiger partial charge in [0.2, 0.25) is 0 Å². The van der Waals surface area contributed by atoms with Crippen molar-refractivity contribution in [2.24, 2.45) is 5.92 Å². The van der Waals surface area contributed by atoms with Gasteiger partial charge >= 0.3 is 0 Å². The Balaban J connectivity index is 1.83. The molecule has 1 aliphatic rings. The predicted octanol–water partition coefficient (Wildman–Crippen LogP) is 2.75. The molecule has 3 heteroatoms. The summed E-state index contributed by atoms with van der Waals surface area (Å²) in [5, 5.41) is 3.46. The Morgan fingerprint density at radius 2 is 2.29 bits per heavy atom. The van der Waals surface area contributed by atoms with E-state index in [9.17, 15) is 0 Å². The van der Waals surface area contributed by atoms with Gasteiger partial charge < -0.3 is 5.32 Å². The molecule has 94 valence electrons. The minimum absolute atomic E-state index is 0.604. The maximum atomic E-state index is 4.19. The van der Waals surface area contributed by atoms with Crippen molar-refractivity contribution in [1.82, 2.24) is 10.3 Å². The molecule has 1 aromatic rings. The summed E-state index contributed by atoms with van der Waals surface area (Å²) < 4.78 is 0. The van der Waals surface area contributed by atoms with Gasteiger partial charge in [-0.15, -0.1) is 0 Å². The second kappa shape index (κ2) is 7.02. The van der Waals surface area contributed by atoms with Crippen LogP contribution >= 0.6 is 11.8 Å². The molecule has 2 nitrogen and oxygen atoms in total. The largest absolute Gasteiger partial charge is 0.317 e. The van der Waals surface area contributed by atoms with Crippen LogP contribution in [0, 0.1) is 5.92 Å². The molecule has 0 radical (unpaired) electrons. The molecule has 1 fully saturated rings. The van der Waals surface area contributed by atoms with Crippen LogP contribution in [0.1, 0.15) is 24.8 Å². The van der Waals surface area contributed by atoms with E-state index in [2.05, 4.69) is 35.2 Å². The number of rotatable bonds is 5. The van der Waals surface area contributed by atoms with Gasteiger partial charge in [0.05, 0.1) is 0 Å². The summed E-state index contributed by atoms with van der Waals surface area (Å²) in [5.74, 6) is 3.63. The molecule has 2 rings (SSSR count). The fraction of sp³-hybridized carbons (Fsp3) is 0.643. The molecule has 0 bridgehead atoms. The molecule has 0 amide bonds. The third-order valence-corrected chi connectivity index (χ3v) is 4.62. The zero-order valence-corrected chi connectivity index (χ0v) is 11.4. The Labute approximate surface area is 109 Å². The van der Waals surface area contributed by atoms with E-state index in [0.29, 0.717) is 6.04 Å². The van der Waals surface area contributed by atoms with Gasteiger partial charge in [-0.25, -0.2) is 0 Å². The topological polar surface area (TPSA) is 24.9 Å². The summed E-state index contributed by atoms with van der Waals surface area (Å²) in [6.45, 7) is 0. The van der Waals surface area contributed by atoms with Crippen molar-refractivity contribution >= 4 is 11.8 Å². The van der Waals surface area contributed by atoms with Gasteiger partial charge in [0.25, 0.3) is 0 Å². The lowest BCUT2D eigenvalue weighted by molar-refractivity contribution is 0.376. The van der Waals surface area contributed by atoms with Gasteiger partial charge in [-0.3, -0.25) is 4.98 Å². The van der Waals surface area contributed by atoms with Gasteiger partial charge in [0, 0.05) is 18.4 Å². The molecule has 0 saturated carbocycles. The molecule has 2 heterocycles. The van der Waals surface area contributed by atoms with Crippen molar-refractivity contribution in [2.75, 3.05) is 18.6 Å². The lowest BCUT2D eigenvalue weighted by Gasteiger charge is -2.26.